The van der Waals surface area contributed by atoms with Crippen LogP contribution in [0.3, 0.4) is 0 Å². The predicted octanol–water partition coefficient (Wildman–Crippen LogP) is 5.18. The summed E-state index contributed by atoms with van der Waals surface area (Å²) in [5.41, 5.74) is -0.00445. The van der Waals surface area contributed by atoms with E-state index in [1.165, 1.54) is 0 Å². The number of aromatic carboxylic acids is 2. The fourth-order valence-electron chi connectivity index (χ4n) is 3.23. The molecule has 4 aromatic rings. The molecule has 0 aromatic heterocycles. The molecule has 2 N–H and O–H groups in total. The second-order valence-corrected chi connectivity index (χ2v) is 6.03. The number of ether oxygens (including phenoxy) is 1. The van der Waals surface area contributed by atoms with Crippen molar-refractivity contribution in [1.82, 2.24) is 0 Å². The molecule has 0 bridgehead atoms. The maximum Gasteiger partial charge on any atom is 0.340 e. The Morgan fingerprint density at radius 3 is 1.39 bits per heavy atom. The van der Waals surface area contributed by atoms with E-state index in [-0.39, 0.29) is 44.3 Å². The Morgan fingerprint density at radius 1 is 0.607 bits per heavy atom. The molecule has 0 unspecified atom stereocenters. The molecule has 4 aromatic carbocycles. The monoisotopic (exact) mass is 406 g/mol. The van der Waals surface area contributed by atoms with Crippen molar-refractivity contribution in [1.29, 1.82) is 0 Å². The number of fused-ring (bicyclic) bond motifs is 2. The number of rotatable bonds is 4. The van der Waals surface area contributed by atoms with Crippen LogP contribution in [0.5, 0.6) is 11.5 Å². The Kier molecular flexibility index (Phi) is 5.49. The van der Waals surface area contributed by atoms with Gasteiger partial charge in [0.2, 0.25) is 0 Å². The van der Waals surface area contributed by atoms with Gasteiger partial charge in [-0.2, -0.15) is 0 Å². The number of hydrogen-bond acceptors (Lipinski definition) is 3. The van der Waals surface area contributed by atoms with Crippen molar-refractivity contribution in [3.63, 3.8) is 0 Å². The molecular formula is C22H14O5Ti. The molecule has 0 saturated heterocycles. The van der Waals surface area contributed by atoms with Gasteiger partial charge in [-0.05, 0) is 33.7 Å². The summed E-state index contributed by atoms with van der Waals surface area (Å²) >= 11 is 0. The smallest absolute Gasteiger partial charge is 0.340 e. The molecule has 0 aliphatic carbocycles. The van der Waals surface area contributed by atoms with Crippen LogP contribution in [0, 0.1) is 0 Å². The third-order valence-electron chi connectivity index (χ3n) is 4.43. The van der Waals surface area contributed by atoms with Crippen LogP contribution in [-0.4, -0.2) is 22.2 Å². The van der Waals surface area contributed by atoms with Gasteiger partial charge in [-0.3, -0.25) is 0 Å². The minimum absolute atomic E-state index is 0. The second-order valence-electron chi connectivity index (χ2n) is 6.03. The molecule has 0 atom stereocenters. The maximum absolute atomic E-state index is 11.9. The summed E-state index contributed by atoms with van der Waals surface area (Å²) in [7, 11) is 0. The van der Waals surface area contributed by atoms with Crippen LogP contribution < -0.4 is 4.74 Å². The molecule has 0 amide bonds. The number of carboxylic acid groups (broad SMARTS) is 2. The average molecular weight is 406 g/mol. The van der Waals surface area contributed by atoms with Crippen LogP contribution >= 0.6 is 0 Å². The zero-order chi connectivity index (χ0) is 19.0. The molecule has 0 heterocycles. The van der Waals surface area contributed by atoms with Crippen molar-refractivity contribution in [2.24, 2.45) is 0 Å². The summed E-state index contributed by atoms with van der Waals surface area (Å²) in [5, 5.41) is 22.0. The van der Waals surface area contributed by atoms with Crippen molar-refractivity contribution in [2.75, 3.05) is 0 Å². The van der Waals surface area contributed by atoms with Gasteiger partial charge in [0, 0.05) is 21.7 Å². The summed E-state index contributed by atoms with van der Waals surface area (Å²) in [5.74, 6) is -2.09. The number of carbonyl (C=O) groups is 2. The summed E-state index contributed by atoms with van der Waals surface area (Å²) in [6, 6.07) is 20.7. The molecule has 0 fully saturated rings. The zero-order valence-corrected chi connectivity index (χ0v) is 16.1. The van der Waals surface area contributed by atoms with E-state index < -0.39 is 11.9 Å². The molecule has 4 rings (SSSR count). The van der Waals surface area contributed by atoms with Crippen molar-refractivity contribution >= 4 is 33.5 Å². The maximum atomic E-state index is 11.9. The quantitative estimate of drug-likeness (QED) is 0.457. The van der Waals surface area contributed by atoms with Gasteiger partial charge in [0.1, 0.15) is 22.6 Å². The Labute approximate surface area is 175 Å². The number of hydrogen-bond donors (Lipinski definition) is 2. The third-order valence-corrected chi connectivity index (χ3v) is 4.43. The van der Waals surface area contributed by atoms with E-state index in [1.54, 1.807) is 48.5 Å². The Hall–Kier alpha value is -3.15. The molecule has 5 nitrogen and oxygen atoms in total. The van der Waals surface area contributed by atoms with Crippen molar-refractivity contribution in [3.8, 4) is 11.5 Å². The molecule has 0 radical (unpaired) electrons. The Bertz CT molecular complexity index is 1120. The van der Waals surface area contributed by atoms with E-state index in [9.17, 15) is 19.8 Å². The van der Waals surface area contributed by atoms with Gasteiger partial charge in [-0.1, -0.05) is 60.7 Å². The number of carboxylic acids is 2. The van der Waals surface area contributed by atoms with E-state index in [0.717, 1.165) is 10.8 Å². The predicted molar refractivity (Wildman–Crippen MR) is 102 cm³/mol. The van der Waals surface area contributed by atoms with Crippen LogP contribution in [0.25, 0.3) is 21.5 Å². The van der Waals surface area contributed by atoms with Crippen molar-refractivity contribution in [3.05, 3.63) is 83.9 Å². The first-order chi connectivity index (χ1) is 13.1. The van der Waals surface area contributed by atoms with E-state index in [2.05, 4.69) is 0 Å². The second kappa shape index (κ2) is 7.84. The van der Waals surface area contributed by atoms with Gasteiger partial charge in [0.15, 0.2) is 0 Å². The van der Waals surface area contributed by atoms with E-state index in [1.807, 2.05) is 24.3 Å². The average Bonchev–Trinajstić information content (AvgIpc) is 2.67. The number of benzene rings is 4. The Morgan fingerprint density at radius 2 is 1.00 bits per heavy atom. The van der Waals surface area contributed by atoms with Gasteiger partial charge in [0.25, 0.3) is 0 Å². The van der Waals surface area contributed by atoms with Gasteiger partial charge in [-0.25, -0.2) is 9.59 Å². The fraction of sp³-hybridized carbons (Fsp3) is 0. The standard InChI is InChI=1S/C22H14O5.Ti/c23-21(24)19-15-7-3-1-5-13(15)9-11-17(19)27-18-12-10-14-6-2-4-8-16(14)20(18)22(25)26;/h1-12H,(H,23,24)(H,25,26);. The van der Waals surface area contributed by atoms with Crippen LogP contribution in [0.4, 0.5) is 0 Å². The first kappa shape index (κ1) is 19.6. The van der Waals surface area contributed by atoms with Crippen LogP contribution in [-0.2, 0) is 21.7 Å². The molecule has 0 aliphatic rings. The molecule has 0 spiro atoms. The fourth-order valence-corrected chi connectivity index (χ4v) is 3.23. The topological polar surface area (TPSA) is 83.8 Å². The third kappa shape index (κ3) is 3.38. The van der Waals surface area contributed by atoms with Gasteiger partial charge < -0.3 is 14.9 Å². The molecule has 0 aliphatic heterocycles. The summed E-state index contributed by atoms with van der Waals surface area (Å²) in [6.07, 6.45) is 0. The van der Waals surface area contributed by atoms with Crippen LogP contribution in [0.15, 0.2) is 72.8 Å². The SMILES string of the molecule is O=C(O)c1c(Oc2ccc3ccccc3c2C(=O)O)ccc2ccccc12.[Ti]. The van der Waals surface area contributed by atoms with E-state index >= 15 is 0 Å². The van der Waals surface area contributed by atoms with Crippen molar-refractivity contribution in [2.45, 2.75) is 0 Å². The summed E-state index contributed by atoms with van der Waals surface area (Å²) in [6.45, 7) is 0. The van der Waals surface area contributed by atoms with Crippen molar-refractivity contribution < 1.29 is 46.3 Å². The van der Waals surface area contributed by atoms with Crippen LogP contribution in [0.1, 0.15) is 20.7 Å². The first-order valence-corrected chi connectivity index (χ1v) is 8.24. The molecular weight excluding hydrogens is 392 g/mol. The molecule has 28 heavy (non-hydrogen) atoms. The summed E-state index contributed by atoms with van der Waals surface area (Å²) < 4.78 is 5.82. The minimum Gasteiger partial charge on any atom is -0.478 e. The minimum atomic E-state index is -1.14. The first-order valence-electron chi connectivity index (χ1n) is 8.24. The molecule has 136 valence electrons. The van der Waals surface area contributed by atoms with Gasteiger partial charge in [-0.15, -0.1) is 0 Å². The van der Waals surface area contributed by atoms with Crippen LogP contribution in [0.2, 0.25) is 0 Å². The Balaban J connectivity index is 0.00000225. The summed E-state index contributed by atoms with van der Waals surface area (Å²) in [4.78, 5) is 23.7. The van der Waals surface area contributed by atoms with E-state index in [4.69, 9.17) is 4.74 Å². The molecule has 6 heteroatoms. The normalized spacial score (nSPS) is 10.4. The van der Waals surface area contributed by atoms with E-state index in [0.29, 0.717) is 10.8 Å². The zero-order valence-electron chi connectivity index (χ0n) is 14.5. The van der Waals surface area contributed by atoms with Gasteiger partial charge >= 0.3 is 11.9 Å². The van der Waals surface area contributed by atoms with Gasteiger partial charge in [0.05, 0.1) is 0 Å². The largest absolute Gasteiger partial charge is 0.478 e. The molecule has 0 saturated carbocycles.